The van der Waals surface area contributed by atoms with Gasteiger partial charge in [-0.3, -0.25) is 9.59 Å². The highest BCUT2D eigenvalue weighted by Crippen LogP contribution is 2.30. The van der Waals surface area contributed by atoms with Crippen LogP contribution in [0.1, 0.15) is 42.5 Å². The lowest BCUT2D eigenvalue weighted by Gasteiger charge is -2.25. The molecule has 30 heavy (non-hydrogen) atoms. The number of aryl methyl sites for hydroxylation is 2. The number of hydrazone groups is 1. The van der Waals surface area contributed by atoms with Gasteiger partial charge in [0, 0.05) is 24.5 Å². The molecule has 0 aromatic heterocycles. The number of hydrogen-bond acceptors (Lipinski definition) is 5. The predicted octanol–water partition coefficient (Wildman–Crippen LogP) is 3.68. The minimum Gasteiger partial charge on any atom is -0.497 e. The standard InChI is InChI=1S/C23H27N3O4/c1-14-6-7-15(2)20(12-14)26-22(27)11-10-19(25-26)23(28)24-16(3)18-9-8-17(29-4)13-21(18)30-5/h6-9,12-13,16H,10-11H2,1-5H3,(H,24,28). The van der Waals surface area contributed by atoms with Crippen molar-refractivity contribution in [3.8, 4) is 11.5 Å². The number of ether oxygens (including phenoxy) is 2. The van der Waals surface area contributed by atoms with Crippen molar-refractivity contribution in [2.75, 3.05) is 19.2 Å². The summed E-state index contributed by atoms with van der Waals surface area (Å²) >= 11 is 0. The molecular formula is C23H27N3O4. The van der Waals surface area contributed by atoms with Crippen LogP contribution >= 0.6 is 0 Å². The number of nitrogens with zero attached hydrogens (tertiary/aromatic N) is 2. The molecule has 1 aliphatic heterocycles. The van der Waals surface area contributed by atoms with E-state index >= 15 is 0 Å². The van der Waals surface area contributed by atoms with Gasteiger partial charge in [-0.25, -0.2) is 5.01 Å². The number of nitrogens with one attached hydrogen (secondary N) is 1. The van der Waals surface area contributed by atoms with Gasteiger partial charge in [0.1, 0.15) is 17.2 Å². The summed E-state index contributed by atoms with van der Waals surface area (Å²) in [6.45, 7) is 5.75. The van der Waals surface area contributed by atoms with Crippen LogP contribution in [-0.2, 0) is 9.59 Å². The van der Waals surface area contributed by atoms with E-state index in [2.05, 4.69) is 10.4 Å². The monoisotopic (exact) mass is 409 g/mol. The first-order valence-electron chi connectivity index (χ1n) is 9.84. The van der Waals surface area contributed by atoms with Crippen molar-refractivity contribution >= 4 is 23.2 Å². The summed E-state index contributed by atoms with van der Waals surface area (Å²) in [4.78, 5) is 25.4. The maximum absolute atomic E-state index is 12.9. The third kappa shape index (κ3) is 4.45. The average Bonchev–Trinajstić information content (AvgIpc) is 2.75. The quantitative estimate of drug-likeness (QED) is 0.789. The van der Waals surface area contributed by atoms with E-state index in [-0.39, 0.29) is 24.3 Å². The molecule has 2 aromatic carbocycles. The molecule has 1 aliphatic rings. The molecule has 0 bridgehead atoms. The second-order valence-corrected chi connectivity index (χ2v) is 7.35. The van der Waals surface area contributed by atoms with E-state index < -0.39 is 0 Å². The molecule has 1 heterocycles. The summed E-state index contributed by atoms with van der Waals surface area (Å²) in [5.41, 5.74) is 3.81. The largest absolute Gasteiger partial charge is 0.497 e. The van der Waals surface area contributed by atoms with Gasteiger partial charge in [0.05, 0.1) is 25.9 Å². The molecule has 3 rings (SSSR count). The van der Waals surface area contributed by atoms with Crippen LogP contribution in [0.2, 0.25) is 0 Å². The van der Waals surface area contributed by atoms with Gasteiger partial charge in [-0.05, 0) is 50.1 Å². The molecular weight excluding hydrogens is 382 g/mol. The number of carbonyl (C=O) groups excluding carboxylic acids is 2. The SMILES string of the molecule is COc1ccc(C(C)NC(=O)C2=NN(c3cc(C)ccc3C)C(=O)CC2)c(OC)c1. The molecule has 7 heteroatoms. The van der Waals surface area contributed by atoms with E-state index in [1.165, 1.54) is 5.01 Å². The number of benzene rings is 2. The predicted molar refractivity (Wildman–Crippen MR) is 116 cm³/mol. The lowest BCUT2D eigenvalue weighted by Crippen LogP contribution is -2.40. The van der Waals surface area contributed by atoms with E-state index in [0.29, 0.717) is 29.3 Å². The molecule has 2 aromatic rings. The van der Waals surface area contributed by atoms with Gasteiger partial charge in [-0.15, -0.1) is 0 Å². The van der Waals surface area contributed by atoms with Crippen LogP contribution in [0.15, 0.2) is 41.5 Å². The Kier molecular flexibility index (Phi) is 6.40. The lowest BCUT2D eigenvalue weighted by molar-refractivity contribution is -0.119. The zero-order chi connectivity index (χ0) is 21.8. The fourth-order valence-electron chi connectivity index (χ4n) is 3.39. The van der Waals surface area contributed by atoms with Gasteiger partial charge in [0.15, 0.2) is 0 Å². The van der Waals surface area contributed by atoms with E-state index in [1.54, 1.807) is 20.3 Å². The fraction of sp³-hybridized carbons (Fsp3) is 0.348. The van der Waals surface area contributed by atoms with Crippen molar-refractivity contribution in [3.63, 3.8) is 0 Å². The number of methoxy groups -OCH3 is 2. The van der Waals surface area contributed by atoms with E-state index in [0.717, 1.165) is 16.7 Å². The summed E-state index contributed by atoms with van der Waals surface area (Å²) < 4.78 is 10.7. The van der Waals surface area contributed by atoms with Crippen LogP contribution in [0.5, 0.6) is 11.5 Å². The molecule has 0 aliphatic carbocycles. The van der Waals surface area contributed by atoms with Gasteiger partial charge in [0.2, 0.25) is 5.91 Å². The van der Waals surface area contributed by atoms with Crippen LogP contribution in [-0.4, -0.2) is 31.7 Å². The molecule has 1 N–H and O–H groups in total. The Morgan fingerprint density at radius 1 is 1.10 bits per heavy atom. The van der Waals surface area contributed by atoms with Crippen LogP contribution in [0.3, 0.4) is 0 Å². The van der Waals surface area contributed by atoms with E-state index in [4.69, 9.17) is 9.47 Å². The van der Waals surface area contributed by atoms with Gasteiger partial charge < -0.3 is 14.8 Å². The number of amides is 2. The Bertz CT molecular complexity index is 1000. The summed E-state index contributed by atoms with van der Waals surface area (Å²) in [6.07, 6.45) is 0.540. The zero-order valence-corrected chi connectivity index (χ0v) is 18.0. The van der Waals surface area contributed by atoms with Crippen LogP contribution < -0.4 is 19.8 Å². The number of anilines is 1. The smallest absolute Gasteiger partial charge is 0.267 e. The summed E-state index contributed by atoms with van der Waals surface area (Å²) in [7, 11) is 3.16. The van der Waals surface area contributed by atoms with E-state index in [1.807, 2.05) is 51.1 Å². The first-order chi connectivity index (χ1) is 14.3. The Morgan fingerprint density at radius 3 is 2.57 bits per heavy atom. The van der Waals surface area contributed by atoms with E-state index in [9.17, 15) is 9.59 Å². The molecule has 1 atom stereocenters. The summed E-state index contributed by atoms with van der Waals surface area (Å²) in [5.74, 6) is 0.877. The van der Waals surface area contributed by atoms with Crippen molar-refractivity contribution in [3.05, 3.63) is 53.1 Å². The number of carbonyl (C=O) groups is 2. The van der Waals surface area contributed by atoms with Gasteiger partial charge in [0.25, 0.3) is 5.91 Å². The Morgan fingerprint density at radius 2 is 1.87 bits per heavy atom. The Labute approximate surface area is 176 Å². The molecule has 0 radical (unpaired) electrons. The highest BCUT2D eigenvalue weighted by Gasteiger charge is 2.27. The third-order valence-corrected chi connectivity index (χ3v) is 5.14. The highest BCUT2D eigenvalue weighted by molar-refractivity contribution is 6.40. The minimum atomic E-state index is -0.312. The summed E-state index contributed by atoms with van der Waals surface area (Å²) in [6, 6.07) is 11.0. The lowest BCUT2D eigenvalue weighted by atomic mass is 10.1. The second-order valence-electron chi connectivity index (χ2n) is 7.35. The molecule has 0 spiro atoms. The van der Waals surface area contributed by atoms with Crippen LogP contribution in [0.25, 0.3) is 0 Å². The molecule has 2 amide bonds. The van der Waals surface area contributed by atoms with Crippen LogP contribution in [0.4, 0.5) is 5.69 Å². The normalized spacial score (nSPS) is 14.8. The van der Waals surface area contributed by atoms with Crippen LogP contribution in [0, 0.1) is 13.8 Å². The fourth-order valence-corrected chi connectivity index (χ4v) is 3.39. The zero-order valence-electron chi connectivity index (χ0n) is 18.0. The van der Waals surface area contributed by atoms with Gasteiger partial charge in [-0.1, -0.05) is 12.1 Å². The van der Waals surface area contributed by atoms with Crippen molar-refractivity contribution in [2.45, 2.75) is 39.7 Å². The summed E-state index contributed by atoms with van der Waals surface area (Å²) in [5, 5.41) is 8.70. The van der Waals surface area contributed by atoms with Crippen molar-refractivity contribution in [2.24, 2.45) is 5.10 Å². The molecule has 0 saturated carbocycles. The molecule has 158 valence electrons. The first kappa shape index (κ1) is 21.4. The highest BCUT2D eigenvalue weighted by atomic mass is 16.5. The maximum atomic E-state index is 12.9. The first-order valence-corrected chi connectivity index (χ1v) is 9.84. The van der Waals surface area contributed by atoms with Gasteiger partial charge >= 0.3 is 0 Å². The number of rotatable bonds is 6. The van der Waals surface area contributed by atoms with Crippen molar-refractivity contribution in [1.82, 2.24) is 5.32 Å². The van der Waals surface area contributed by atoms with Crippen molar-refractivity contribution < 1.29 is 19.1 Å². The average molecular weight is 409 g/mol. The third-order valence-electron chi connectivity index (χ3n) is 5.14. The molecule has 0 saturated heterocycles. The second kappa shape index (κ2) is 8.98. The molecule has 7 nitrogen and oxygen atoms in total. The molecule has 0 fully saturated rings. The number of hydrogen-bond donors (Lipinski definition) is 1. The van der Waals surface area contributed by atoms with Gasteiger partial charge in [-0.2, -0.15) is 5.10 Å². The van der Waals surface area contributed by atoms with Crippen molar-refractivity contribution in [1.29, 1.82) is 0 Å². The maximum Gasteiger partial charge on any atom is 0.267 e. The Hall–Kier alpha value is -3.35. The minimum absolute atomic E-state index is 0.120. The topological polar surface area (TPSA) is 80.2 Å². The Balaban J connectivity index is 1.82. The molecule has 1 unspecified atom stereocenters.